The summed E-state index contributed by atoms with van der Waals surface area (Å²) in [6.45, 7) is 1.89. The van der Waals surface area contributed by atoms with Crippen molar-refractivity contribution in [1.29, 1.82) is 0 Å². The van der Waals surface area contributed by atoms with Crippen LogP contribution < -0.4 is 0 Å². The SMILES string of the molecule is CSCCc1ccc(-c2nocc2CC(=O)OC(C)C2=C(Cl)CCCC2)cc1.O=C=O. The zero-order valence-corrected chi connectivity index (χ0v) is 19.3. The van der Waals surface area contributed by atoms with Gasteiger partial charge in [-0.1, -0.05) is 41.0 Å². The number of esters is 1. The molecule has 0 fully saturated rings. The van der Waals surface area contributed by atoms with Crippen LogP contribution in [0.1, 0.15) is 43.7 Å². The van der Waals surface area contributed by atoms with Gasteiger partial charge >= 0.3 is 12.1 Å². The molecule has 166 valence electrons. The molecule has 1 atom stereocenters. The third kappa shape index (κ3) is 7.69. The lowest BCUT2D eigenvalue weighted by Gasteiger charge is -2.22. The first-order valence-corrected chi connectivity index (χ1v) is 11.8. The second kappa shape index (κ2) is 13.2. The quantitative estimate of drug-likeness (QED) is 0.497. The first kappa shape index (κ1) is 24.9. The van der Waals surface area contributed by atoms with E-state index in [-0.39, 0.29) is 24.6 Å². The fourth-order valence-electron chi connectivity index (χ4n) is 3.45. The van der Waals surface area contributed by atoms with Crippen molar-refractivity contribution in [2.75, 3.05) is 12.0 Å². The number of allylic oxidation sites excluding steroid dienone is 1. The fourth-order valence-corrected chi connectivity index (χ4v) is 4.27. The number of ether oxygens (including phenoxy) is 1. The van der Waals surface area contributed by atoms with Crippen molar-refractivity contribution in [2.24, 2.45) is 0 Å². The molecule has 1 aromatic heterocycles. The van der Waals surface area contributed by atoms with E-state index in [9.17, 15) is 4.79 Å². The second-order valence-electron chi connectivity index (χ2n) is 7.16. The number of hydrogen-bond acceptors (Lipinski definition) is 7. The predicted molar refractivity (Wildman–Crippen MR) is 120 cm³/mol. The predicted octanol–water partition coefficient (Wildman–Crippen LogP) is 5.20. The van der Waals surface area contributed by atoms with Crippen molar-refractivity contribution in [3.05, 3.63) is 52.3 Å². The van der Waals surface area contributed by atoms with Crippen molar-refractivity contribution in [2.45, 2.75) is 51.6 Å². The third-order valence-corrected chi connectivity index (χ3v) is 6.08. The Bertz CT molecular complexity index is 916. The largest absolute Gasteiger partial charge is 0.458 e. The van der Waals surface area contributed by atoms with E-state index in [0.29, 0.717) is 5.69 Å². The number of nitrogens with zero attached hydrogens (tertiary/aromatic N) is 1. The molecule has 8 heteroatoms. The van der Waals surface area contributed by atoms with Gasteiger partial charge in [0.15, 0.2) is 0 Å². The lowest BCUT2D eigenvalue weighted by atomic mass is 9.96. The molecule has 0 saturated heterocycles. The second-order valence-corrected chi connectivity index (χ2v) is 8.60. The summed E-state index contributed by atoms with van der Waals surface area (Å²) in [6.07, 6.45) is 8.72. The molecule has 1 aromatic carbocycles. The Morgan fingerprint density at radius 3 is 2.58 bits per heavy atom. The lowest BCUT2D eigenvalue weighted by molar-refractivity contribution is -0.191. The molecule has 1 aliphatic carbocycles. The van der Waals surface area contributed by atoms with E-state index < -0.39 is 0 Å². The molecule has 1 heterocycles. The van der Waals surface area contributed by atoms with E-state index in [1.165, 1.54) is 11.8 Å². The number of halogens is 1. The number of rotatable bonds is 8. The summed E-state index contributed by atoms with van der Waals surface area (Å²) in [7, 11) is 0. The highest BCUT2D eigenvalue weighted by molar-refractivity contribution is 7.98. The third-order valence-electron chi connectivity index (χ3n) is 5.04. The summed E-state index contributed by atoms with van der Waals surface area (Å²) in [5, 5.41) is 4.94. The zero-order valence-electron chi connectivity index (χ0n) is 17.7. The molecule has 0 N–H and O–H groups in total. The number of benzene rings is 1. The Kier molecular flexibility index (Phi) is 10.6. The van der Waals surface area contributed by atoms with Crippen molar-refractivity contribution < 1.29 is 23.6 Å². The van der Waals surface area contributed by atoms with Crippen LogP contribution in [0, 0.1) is 0 Å². The number of thioether (sulfide) groups is 1. The molecule has 0 aliphatic heterocycles. The average Bonchev–Trinajstić information content (AvgIpc) is 3.21. The number of aromatic nitrogens is 1. The first-order valence-electron chi connectivity index (χ1n) is 10.1. The number of aryl methyl sites for hydroxylation is 1. The number of hydrogen-bond donors (Lipinski definition) is 0. The van der Waals surface area contributed by atoms with Gasteiger partial charge in [-0.3, -0.25) is 4.79 Å². The Labute approximate surface area is 191 Å². The maximum Gasteiger partial charge on any atom is 0.373 e. The highest BCUT2D eigenvalue weighted by Crippen LogP contribution is 2.31. The van der Waals surface area contributed by atoms with Gasteiger partial charge in [0.25, 0.3) is 0 Å². The summed E-state index contributed by atoms with van der Waals surface area (Å²) in [5.41, 5.74) is 4.70. The van der Waals surface area contributed by atoms with Gasteiger partial charge in [-0.2, -0.15) is 21.4 Å². The maximum atomic E-state index is 12.5. The summed E-state index contributed by atoms with van der Waals surface area (Å²) in [4.78, 5) is 28.7. The van der Waals surface area contributed by atoms with Crippen LogP contribution in [0.25, 0.3) is 11.3 Å². The lowest BCUT2D eigenvalue weighted by Crippen LogP contribution is -2.20. The minimum absolute atomic E-state index is 0.127. The van der Waals surface area contributed by atoms with Crippen LogP contribution in [0.2, 0.25) is 0 Å². The Morgan fingerprint density at radius 1 is 1.26 bits per heavy atom. The van der Waals surface area contributed by atoms with Crippen molar-refractivity contribution in [3.63, 3.8) is 0 Å². The van der Waals surface area contributed by atoms with E-state index >= 15 is 0 Å². The topological polar surface area (TPSA) is 86.5 Å². The molecule has 6 nitrogen and oxygen atoms in total. The molecular weight excluding hydrogens is 438 g/mol. The fraction of sp³-hybridized carbons (Fsp3) is 0.435. The van der Waals surface area contributed by atoms with Crippen LogP contribution >= 0.6 is 23.4 Å². The molecule has 1 aliphatic rings. The molecule has 3 rings (SSSR count). The van der Waals surface area contributed by atoms with Crippen molar-refractivity contribution in [1.82, 2.24) is 5.16 Å². The van der Waals surface area contributed by atoms with Gasteiger partial charge in [0.1, 0.15) is 18.1 Å². The Balaban J connectivity index is 0.00000107. The van der Waals surface area contributed by atoms with Gasteiger partial charge in [-0.25, -0.2) is 0 Å². The molecule has 0 saturated carbocycles. The molecule has 0 spiro atoms. The average molecular weight is 464 g/mol. The van der Waals surface area contributed by atoms with Gasteiger partial charge in [-0.15, -0.1) is 0 Å². The highest BCUT2D eigenvalue weighted by Gasteiger charge is 2.22. The zero-order chi connectivity index (χ0) is 22.6. The number of carbonyl (C=O) groups excluding carboxylic acids is 3. The van der Waals surface area contributed by atoms with E-state index in [1.807, 2.05) is 30.8 Å². The molecule has 0 bridgehead atoms. The molecule has 0 radical (unpaired) electrons. The molecule has 1 unspecified atom stereocenters. The minimum Gasteiger partial charge on any atom is -0.458 e. The Hall–Kier alpha value is -2.34. The summed E-state index contributed by atoms with van der Waals surface area (Å²) >= 11 is 8.15. The van der Waals surface area contributed by atoms with Crippen LogP contribution in [0.5, 0.6) is 0 Å². The van der Waals surface area contributed by atoms with Gasteiger partial charge in [0.2, 0.25) is 0 Å². The van der Waals surface area contributed by atoms with E-state index in [0.717, 1.165) is 59.6 Å². The summed E-state index contributed by atoms with van der Waals surface area (Å²) in [6, 6.07) is 8.25. The van der Waals surface area contributed by atoms with Gasteiger partial charge in [0.05, 0.1) is 6.42 Å². The maximum absolute atomic E-state index is 12.5. The van der Waals surface area contributed by atoms with E-state index in [2.05, 4.69) is 23.5 Å². The molecule has 0 amide bonds. The van der Waals surface area contributed by atoms with Crippen LogP contribution in [0.4, 0.5) is 0 Å². The van der Waals surface area contributed by atoms with Crippen LogP contribution in [0.15, 0.2) is 45.7 Å². The number of carbonyl (C=O) groups is 1. The van der Waals surface area contributed by atoms with Gasteiger partial charge in [-0.05, 0) is 62.2 Å². The van der Waals surface area contributed by atoms with E-state index in [4.69, 9.17) is 30.4 Å². The molecule has 31 heavy (non-hydrogen) atoms. The van der Waals surface area contributed by atoms with Crippen molar-refractivity contribution in [3.8, 4) is 11.3 Å². The minimum atomic E-state index is -0.295. The summed E-state index contributed by atoms with van der Waals surface area (Å²) < 4.78 is 10.8. The Morgan fingerprint density at radius 2 is 1.94 bits per heavy atom. The van der Waals surface area contributed by atoms with Gasteiger partial charge in [0, 0.05) is 16.2 Å². The van der Waals surface area contributed by atoms with Crippen molar-refractivity contribution >= 4 is 35.5 Å². The normalized spacial score (nSPS) is 14.3. The first-order chi connectivity index (χ1) is 15.0. The van der Waals surface area contributed by atoms with Gasteiger partial charge < -0.3 is 9.26 Å². The molecule has 2 aromatic rings. The standard InChI is InChI=1S/C22H26ClNO3S.CO2/c1-15(19-5-3-4-6-20(19)23)27-21(25)13-18-14-26-24-22(18)17-9-7-16(8-10-17)11-12-28-2;2-1-3/h7-10,14-15H,3-6,11-13H2,1-2H3;. The monoisotopic (exact) mass is 463 g/mol. The summed E-state index contributed by atoms with van der Waals surface area (Å²) in [5.74, 6) is 0.801. The smallest absolute Gasteiger partial charge is 0.373 e. The van der Waals surface area contributed by atoms with Crippen LogP contribution in [-0.2, 0) is 32.0 Å². The van der Waals surface area contributed by atoms with Crippen LogP contribution in [0.3, 0.4) is 0 Å². The molecular formula is C23H26ClNO5S. The highest BCUT2D eigenvalue weighted by atomic mass is 35.5. The van der Waals surface area contributed by atoms with E-state index in [1.54, 1.807) is 0 Å². The van der Waals surface area contributed by atoms with Crippen LogP contribution in [-0.4, -0.2) is 35.4 Å².